The Morgan fingerprint density at radius 2 is 2.00 bits per heavy atom. The van der Waals surface area contributed by atoms with Gasteiger partial charge in [-0.1, -0.05) is 0 Å². The maximum Gasteiger partial charge on any atom is 0.416 e. The third-order valence-corrected chi connectivity index (χ3v) is 2.58. The first-order valence-corrected chi connectivity index (χ1v) is 5.74. The lowest BCUT2D eigenvalue weighted by atomic mass is 10.1. The van der Waals surface area contributed by atoms with E-state index in [9.17, 15) is 28.1 Å². The molecular formula is C12H8F3N3O4. The number of amides is 1. The molecule has 22 heavy (non-hydrogen) atoms. The van der Waals surface area contributed by atoms with Crippen LogP contribution in [-0.2, 0) is 6.18 Å². The van der Waals surface area contributed by atoms with E-state index in [1.807, 2.05) is 0 Å². The fraction of sp³-hybridized carbons (Fsp3) is 0.0833. The molecule has 0 aliphatic carbocycles. The standard InChI is InChI=1S/C12H8F3N3O4/c13-12(14,15)7-3-4-8(9(6-7)18(20)21)16-17-11(19)10-2-1-5-22-10/h1-6,16H,(H,17,19). The zero-order chi connectivity index (χ0) is 16.3. The van der Waals surface area contributed by atoms with Gasteiger partial charge in [-0.2, -0.15) is 13.2 Å². The molecule has 0 radical (unpaired) electrons. The van der Waals surface area contributed by atoms with Gasteiger partial charge < -0.3 is 4.42 Å². The fourth-order valence-corrected chi connectivity index (χ4v) is 1.56. The minimum absolute atomic E-state index is 0.0675. The number of nitrogens with one attached hydrogen (secondary N) is 2. The second kappa shape index (κ2) is 5.76. The number of hydrogen-bond acceptors (Lipinski definition) is 5. The highest BCUT2D eigenvalue weighted by molar-refractivity contribution is 5.92. The lowest BCUT2D eigenvalue weighted by molar-refractivity contribution is -0.384. The summed E-state index contributed by atoms with van der Waals surface area (Å²) in [6.45, 7) is 0. The van der Waals surface area contributed by atoms with Crippen molar-refractivity contribution in [2.75, 3.05) is 5.43 Å². The maximum absolute atomic E-state index is 12.5. The summed E-state index contributed by atoms with van der Waals surface area (Å²) in [6.07, 6.45) is -3.46. The van der Waals surface area contributed by atoms with E-state index in [1.165, 1.54) is 18.4 Å². The molecule has 1 heterocycles. The van der Waals surface area contributed by atoms with E-state index in [1.54, 1.807) is 0 Å². The Labute approximate surface area is 120 Å². The summed E-state index contributed by atoms with van der Waals surface area (Å²) < 4.78 is 42.4. The van der Waals surface area contributed by atoms with Crippen LogP contribution in [-0.4, -0.2) is 10.8 Å². The summed E-state index contributed by atoms with van der Waals surface area (Å²) in [4.78, 5) is 21.4. The number of benzene rings is 1. The highest BCUT2D eigenvalue weighted by Gasteiger charge is 2.33. The maximum atomic E-state index is 12.5. The van der Waals surface area contributed by atoms with Gasteiger partial charge in [0.2, 0.25) is 0 Å². The molecular weight excluding hydrogens is 307 g/mol. The average Bonchev–Trinajstić information content (AvgIpc) is 2.97. The first-order chi connectivity index (χ1) is 10.3. The molecule has 0 aliphatic heterocycles. The first kappa shape index (κ1) is 15.4. The summed E-state index contributed by atoms with van der Waals surface area (Å²) >= 11 is 0. The predicted molar refractivity (Wildman–Crippen MR) is 67.9 cm³/mol. The van der Waals surface area contributed by atoms with Gasteiger partial charge in [0.1, 0.15) is 5.69 Å². The van der Waals surface area contributed by atoms with Crippen molar-refractivity contribution in [2.24, 2.45) is 0 Å². The van der Waals surface area contributed by atoms with E-state index in [0.29, 0.717) is 12.1 Å². The Bertz CT molecular complexity index is 698. The summed E-state index contributed by atoms with van der Waals surface area (Å²) in [5.74, 6) is -0.804. The van der Waals surface area contributed by atoms with Gasteiger partial charge in [0, 0.05) is 6.07 Å². The minimum atomic E-state index is -4.71. The summed E-state index contributed by atoms with van der Waals surface area (Å²) in [7, 11) is 0. The Kier molecular flexibility index (Phi) is 4.02. The molecule has 0 atom stereocenters. The average molecular weight is 315 g/mol. The van der Waals surface area contributed by atoms with Crippen LogP contribution in [0.3, 0.4) is 0 Å². The number of hydrogen-bond donors (Lipinski definition) is 2. The van der Waals surface area contributed by atoms with Crippen molar-refractivity contribution >= 4 is 17.3 Å². The number of anilines is 1. The van der Waals surface area contributed by atoms with Crippen LogP contribution in [0.4, 0.5) is 24.5 Å². The van der Waals surface area contributed by atoms with Crippen LogP contribution in [0, 0.1) is 10.1 Å². The molecule has 1 aromatic heterocycles. The lowest BCUT2D eigenvalue weighted by Crippen LogP contribution is -2.29. The van der Waals surface area contributed by atoms with E-state index in [0.717, 1.165) is 6.07 Å². The molecule has 0 unspecified atom stereocenters. The number of nitrogens with zero attached hydrogens (tertiary/aromatic N) is 1. The van der Waals surface area contributed by atoms with Crippen LogP contribution >= 0.6 is 0 Å². The van der Waals surface area contributed by atoms with Crippen LogP contribution < -0.4 is 10.9 Å². The van der Waals surface area contributed by atoms with Crippen LogP contribution in [0.1, 0.15) is 16.1 Å². The van der Waals surface area contributed by atoms with E-state index >= 15 is 0 Å². The predicted octanol–water partition coefficient (Wildman–Crippen LogP) is 2.96. The smallest absolute Gasteiger partial charge is 0.416 e. The van der Waals surface area contributed by atoms with Gasteiger partial charge >= 0.3 is 12.1 Å². The van der Waals surface area contributed by atoms with Gasteiger partial charge in [0.05, 0.1) is 16.7 Å². The molecule has 0 fully saturated rings. The third kappa shape index (κ3) is 3.34. The van der Waals surface area contributed by atoms with Crippen LogP contribution in [0.2, 0.25) is 0 Å². The number of halogens is 3. The molecule has 0 aliphatic rings. The molecule has 116 valence electrons. The molecule has 1 amide bonds. The Morgan fingerprint density at radius 1 is 1.27 bits per heavy atom. The molecule has 1 aromatic carbocycles. The zero-order valence-corrected chi connectivity index (χ0v) is 10.7. The van der Waals surface area contributed by atoms with Gasteiger partial charge in [-0.3, -0.25) is 25.8 Å². The SMILES string of the molecule is O=C(NNc1ccc(C(F)(F)F)cc1[N+](=O)[O-])c1ccco1. The van der Waals surface area contributed by atoms with Gasteiger partial charge in [0.25, 0.3) is 5.69 Å². The van der Waals surface area contributed by atoms with Gasteiger partial charge in [0.15, 0.2) is 5.76 Å². The van der Waals surface area contributed by atoms with E-state index in [4.69, 9.17) is 4.42 Å². The van der Waals surface area contributed by atoms with Gasteiger partial charge in [-0.25, -0.2) is 0 Å². The highest BCUT2D eigenvalue weighted by Crippen LogP contribution is 2.34. The molecule has 0 saturated heterocycles. The van der Waals surface area contributed by atoms with Crippen LogP contribution in [0.25, 0.3) is 0 Å². The monoisotopic (exact) mass is 315 g/mol. The highest BCUT2D eigenvalue weighted by atomic mass is 19.4. The Balaban J connectivity index is 2.20. The summed E-state index contributed by atoms with van der Waals surface area (Å²) in [5.41, 5.74) is 2.00. The number of alkyl halides is 3. The van der Waals surface area contributed by atoms with Gasteiger partial charge in [-0.05, 0) is 24.3 Å². The topological polar surface area (TPSA) is 97.4 Å². The van der Waals surface area contributed by atoms with E-state index in [-0.39, 0.29) is 11.4 Å². The molecule has 0 saturated carbocycles. The van der Waals surface area contributed by atoms with Crippen LogP contribution in [0.15, 0.2) is 41.0 Å². The van der Waals surface area contributed by atoms with E-state index < -0.39 is 28.3 Å². The number of carbonyl (C=O) groups is 1. The molecule has 10 heteroatoms. The second-order valence-electron chi connectivity index (χ2n) is 4.04. The van der Waals surface area contributed by atoms with Crippen molar-refractivity contribution in [3.05, 3.63) is 58.0 Å². The molecule has 2 N–H and O–H groups in total. The lowest BCUT2D eigenvalue weighted by Gasteiger charge is -2.10. The molecule has 2 aromatic rings. The molecule has 0 spiro atoms. The Morgan fingerprint density at radius 3 is 2.55 bits per heavy atom. The molecule has 7 nitrogen and oxygen atoms in total. The second-order valence-corrected chi connectivity index (χ2v) is 4.04. The normalized spacial score (nSPS) is 11.0. The number of carbonyl (C=O) groups excluding carboxylic acids is 1. The summed E-state index contributed by atoms with van der Waals surface area (Å²) in [5, 5.41) is 10.8. The zero-order valence-electron chi connectivity index (χ0n) is 10.7. The Hall–Kier alpha value is -3.04. The van der Waals surface area contributed by atoms with Crippen molar-refractivity contribution < 1.29 is 27.3 Å². The van der Waals surface area contributed by atoms with Crippen molar-refractivity contribution in [1.29, 1.82) is 0 Å². The number of rotatable bonds is 4. The van der Waals surface area contributed by atoms with Crippen LogP contribution in [0.5, 0.6) is 0 Å². The van der Waals surface area contributed by atoms with E-state index in [2.05, 4.69) is 10.9 Å². The van der Waals surface area contributed by atoms with Crippen molar-refractivity contribution in [3.8, 4) is 0 Å². The summed E-state index contributed by atoms with van der Waals surface area (Å²) in [6, 6.07) is 4.69. The number of furan rings is 1. The third-order valence-electron chi connectivity index (χ3n) is 2.58. The number of nitro benzene ring substituents is 1. The fourth-order valence-electron chi connectivity index (χ4n) is 1.56. The quantitative estimate of drug-likeness (QED) is 0.668. The van der Waals surface area contributed by atoms with Crippen molar-refractivity contribution in [2.45, 2.75) is 6.18 Å². The first-order valence-electron chi connectivity index (χ1n) is 5.74. The number of nitro groups is 1. The largest absolute Gasteiger partial charge is 0.459 e. The van der Waals surface area contributed by atoms with Gasteiger partial charge in [-0.15, -0.1) is 0 Å². The van der Waals surface area contributed by atoms with Crippen molar-refractivity contribution in [1.82, 2.24) is 5.43 Å². The number of hydrazine groups is 1. The van der Waals surface area contributed by atoms with Crippen molar-refractivity contribution in [3.63, 3.8) is 0 Å². The molecule has 2 rings (SSSR count). The minimum Gasteiger partial charge on any atom is -0.459 e. The molecule has 0 bridgehead atoms.